The second-order valence-corrected chi connectivity index (χ2v) is 9.66. The molecule has 176 valence electrons. The molecule has 0 unspecified atom stereocenters. The molecule has 1 aliphatic heterocycles. The van der Waals surface area contributed by atoms with Crippen LogP contribution < -0.4 is 9.47 Å². The van der Waals surface area contributed by atoms with E-state index < -0.39 is 5.60 Å². The second kappa shape index (κ2) is 9.19. The van der Waals surface area contributed by atoms with Crippen molar-refractivity contribution >= 4 is 43.9 Å². The molecule has 0 radical (unpaired) electrons. The summed E-state index contributed by atoms with van der Waals surface area (Å²) in [4.78, 5) is 17.9. The lowest BCUT2D eigenvalue weighted by Crippen LogP contribution is -2.29. The van der Waals surface area contributed by atoms with Gasteiger partial charge in [-0.15, -0.1) is 0 Å². The summed E-state index contributed by atoms with van der Waals surface area (Å²) in [6.45, 7) is 3.93. The van der Waals surface area contributed by atoms with Crippen molar-refractivity contribution in [3.63, 3.8) is 0 Å². The molecule has 5 rings (SSSR count). The van der Waals surface area contributed by atoms with E-state index >= 15 is 0 Å². The first-order chi connectivity index (χ1) is 16.9. The van der Waals surface area contributed by atoms with Crippen LogP contribution in [-0.2, 0) is 16.1 Å². The van der Waals surface area contributed by atoms with Crippen LogP contribution >= 0.6 is 15.9 Å². The fourth-order valence-electron chi connectivity index (χ4n) is 4.09. The van der Waals surface area contributed by atoms with Gasteiger partial charge in [-0.25, -0.2) is 4.98 Å². The Balaban J connectivity index is 1.41. The third kappa shape index (κ3) is 4.54. The largest absolute Gasteiger partial charge is 0.496 e. The van der Waals surface area contributed by atoms with Crippen LogP contribution in [0.25, 0.3) is 22.2 Å². The lowest BCUT2D eigenvalue weighted by molar-refractivity contribution is -0.125. The van der Waals surface area contributed by atoms with E-state index in [9.17, 15) is 4.79 Å². The maximum absolute atomic E-state index is 13.3. The highest BCUT2D eigenvalue weighted by Crippen LogP contribution is 2.42. The number of carbonyl (C=O) groups excluding carboxylic acids is 1. The predicted molar refractivity (Wildman–Crippen MR) is 140 cm³/mol. The number of nitrogens with zero attached hydrogens (tertiary/aromatic N) is 1. The Morgan fingerprint density at radius 3 is 2.43 bits per heavy atom. The Morgan fingerprint density at radius 1 is 0.943 bits per heavy atom. The van der Waals surface area contributed by atoms with Crippen LogP contribution in [0.4, 0.5) is 0 Å². The van der Waals surface area contributed by atoms with Gasteiger partial charge in [0.05, 0.1) is 28.4 Å². The molecule has 0 fully saturated rings. The van der Waals surface area contributed by atoms with E-state index in [2.05, 4.69) is 20.9 Å². The van der Waals surface area contributed by atoms with E-state index in [1.54, 1.807) is 21.0 Å². The van der Waals surface area contributed by atoms with E-state index in [0.717, 1.165) is 32.2 Å². The molecule has 0 saturated heterocycles. The molecule has 0 aliphatic carbocycles. The topological polar surface area (TPSA) is 57.7 Å². The van der Waals surface area contributed by atoms with Gasteiger partial charge >= 0.3 is 0 Å². The van der Waals surface area contributed by atoms with Crippen LogP contribution in [0.15, 0.2) is 83.3 Å². The van der Waals surface area contributed by atoms with E-state index in [1.165, 1.54) is 0 Å². The third-order valence-corrected chi connectivity index (χ3v) is 6.58. The van der Waals surface area contributed by atoms with Gasteiger partial charge < -0.3 is 14.2 Å². The highest BCUT2D eigenvalue weighted by molar-refractivity contribution is 9.10. The maximum Gasteiger partial charge on any atom is 0.210 e. The van der Waals surface area contributed by atoms with Crippen molar-refractivity contribution in [1.29, 1.82) is 0 Å². The molecule has 35 heavy (non-hydrogen) atoms. The monoisotopic (exact) mass is 529 g/mol. The first-order valence-electron chi connectivity index (χ1n) is 11.3. The van der Waals surface area contributed by atoms with E-state index in [1.807, 2.05) is 78.9 Å². The number of carbonyl (C=O) groups is 1. The zero-order chi connectivity index (χ0) is 24.6. The number of rotatable bonds is 6. The lowest BCUT2D eigenvalue weighted by Gasteiger charge is -2.18. The number of fused-ring (bicyclic) bond motifs is 1. The van der Waals surface area contributed by atoms with Crippen LogP contribution in [-0.4, -0.2) is 23.5 Å². The summed E-state index contributed by atoms with van der Waals surface area (Å²) >= 11 is 3.52. The van der Waals surface area contributed by atoms with Crippen molar-refractivity contribution in [2.24, 2.45) is 0 Å². The maximum atomic E-state index is 13.3. The van der Waals surface area contributed by atoms with Gasteiger partial charge in [0, 0.05) is 10.9 Å². The van der Waals surface area contributed by atoms with Crippen molar-refractivity contribution in [3.05, 3.63) is 100 Å². The summed E-state index contributed by atoms with van der Waals surface area (Å²) < 4.78 is 18.2. The molecule has 5 nitrogen and oxygen atoms in total. The smallest absolute Gasteiger partial charge is 0.210 e. The average molecular weight is 530 g/mol. The summed E-state index contributed by atoms with van der Waals surface area (Å²) in [7, 11) is 1.61. The van der Waals surface area contributed by atoms with E-state index in [0.29, 0.717) is 29.4 Å². The Labute approximate surface area is 212 Å². The van der Waals surface area contributed by atoms with Gasteiger partial charge in [-0.2, -0.15) is 0 Å². The number of pyridine rings is 1. The number of Topliss-reactive ketones (excluding diaryl/α,β-unsaturated/α-hetero) is 1. The number of ketones is 1. The van der Waals surface area contributed by atoms with Gasteiger partial charge in [0.2, 0.25) is 5.78 Å². The van der Waals surface area contributed by atoms with Crippen LogP contribution in [0, 0.1) is 0 Å². The van der Waals surface area contributed by atoms with Crippen molar-refractivity contribution in [2.75, 3.05) is 7.11 Å². The Bertz CT molecular complexity index is 1460. The van der Waals surface area contributed by atoms with Gasteiger partial charge in [-0.05, 0) is 77.8 Å². The van der Waals surface area contributed by atoms with Crippen LogP contribution in [0.5, 0.6) is 11.5 Å². The number of para-hydroxylation sites is 1. The molecular weight excluding hydrogens is 506 g/mol. The standard InChI is InChI=1S/C29H24BrNO4/c1-29(2)28(32)26(27(35-29)20-11-15-25(33-3)23(30)16-20)19-9-13-22(14-10-19)34-17-21-12-8-18-6-4-5-7-24(18)31-21/h4-16H,17H2,1-3H3. The molecule has 2 heterocycles. The summed E-state index contributed by atoms with van der Waals surface area (Å²) in [5, 5.41) is 1.10. The van der Waals surface area contributed by atoms with Crippen LogP contribution in [0.1, 0.15) is 30.7 Å². The molecular formula is C29H24BrNO4. The normalized spacial score (nSPS) is 14.8. The van der Waals surface area contributed by atoms with Gasteiger partial charge in [-0.1, -0.05) is 36.4 Å². The van der Waals surface area contributed by atoms with Crippen LogP contribution in [0.3, 0.4) is 0 Å². The van der Waals surface area contributed by atoms with E-state index in [4.69, 9.17) is 14.2 Å². The van der Waals surface area contributed by atoms with Gasteiger partial charge in [0.1, 0.15) is 23.9 Å². The Hall–Kier alpha value is -3.64. The van der Waals surface area contributed by atoms with Gasteiger partial charge in [0.15, 0.2) is 5.60 Å². The fraction of sp³-hybridized carbons (Fsp3) is 0.172. The molecule has 0 N–H and O–H groups in total. The number of halogens is 1. The van der Waals surface area contributed by atoms with E-state index in [-0.39, 0.29) is 5.78 Å². The van der Waals surface area contributed by atoms with Gasteiger partial charge in [-0.3, -0.25) is 4.79 Å². The summed E-state index contributed by atoms with van der Waals surface area (Å²) in [6.07, 6.45) is 0. The zero-order valence-corrected chi connectivity index (χ0v) is 21.3. The molecule has 1 aromatic heterocycles. The number of methoxy groups -OCH3 is 1. The minimum absolute atomic E-state index is 0.0616. The number of benzene rings is 3. The Kier molecular flexibility index (Phi) is 6.07. The molecule has 0 atom stereocenters. The average Bonchev–Trinajstić information content (AvgIpc) is 3.11. The summed E-state index contributed by atoms with van der Waals surface area (Å²) in [6, 6.07) is 25.2. The molecule has 4 aromatic rings. The number of ether oxygens (including phenoxy) is 3. The second-order valence-electron chi connectivity index (χ2n) is 8.80. The minimum atomic E-state index is -0.950. The van der Waals surface area contributed by atoms with Crippen molar-refractivity contribution in [3.8, 4) is 11.5 Å². The quantitative estimate of drug-likeness (QED) is 0.274. The SMILES string of the molecule is COc1ccc(C2=C(c3ccc(OCc4ccc5ccccc5n4)cc3)C(=O)C(C)(C)O2)cc1Br. The first-order valence-corrected chi connectivity index (χ1v) is 12.0. The summed E-state index contributed by atoms with van der Waals surface area (Å²) in [5.41, 5.74) is 2.97. The Morgan fingerprint density at radius 2 is 1.69 bits per heavy atom. The molecule has 0 amide bonds. The molecule has 0 saturated carbocycles. The molecule has 6 heteroatoms. The van der Waals surface area contributed by atoms with Gasteiger partial charge in [0.25, 0.3) is 0 Å². The third-order valence-electron chi connectivity index (χ3n) is 5.96. The molecule has 0 spiro atoms. The highest BCUT2D eigenvalue weighted by atomic mass is 79.9. The van der Waals surface area contributed by atoms with Crippen molar-refractivity contribution in [2.45, 2.75) is 26.1 Å². The molecule has 3 aromatic carbocycles. The highest BCUT2D eigenvalue weighted by Gasteiger charge is 2.42. The fourth-order valence-corrected chi connectivity index (χ4v) is 4.63. The van der Waals surface area contributed by atoms with Crippen molar-refractivity contribution < 1.29 is 19.0 Å². The predicted octanol–water partition coefficient (Wildman–Crippen LogP) is 6.83. The van der Waals surface area contributed by atoms with Crippen LogP contribution in [0.2, 0.25) is 0 Å². The van der Waals surface area contributed by atoms with Crippen molar-refractivity contribution in [1.82, 2.24) is 4.98 Å². The lowest BCUT2D eigenvalue weighted by atomic mass is 9.92. The summed E-state index contributed by atoms with van der Waals surface area (Å²) in [5.74, 6) is 1.90. The number of aromatic nitrogens is 1. The zero-order valence-electron chi connectivity index (χ0n) is 19.7. The minimum Gasteiger partial charge on any atom is -0.496 e. The molecule has 1 aliphatic rings. The molecule has 0 bridgehead atoms. The first kappa shape index (κ1) is 23.1. The number of hydrogen-bond donors (Lipinski definition) is 0. The number of hydrogen-bond acceptors (Lipinski definition) is 5.